The van der Waals surface area contributed by atoms with Gasteiger partial charge in [0.15, 0.2) is 5.11 Å². The molecule has 0 aromatic carbocycles. The Morgan fingerprint density at radius 2 is 2.31 bits per heavy atom. The van der Waals surface area contributed by atoms with Gasteiger partial charge in [-0.2, -0.15) is 0 Å². The molecule has 7 heteroatoms. The van der Waals surface area contributed by atoms with Crippen LogP contribution in [0.25, 0.3) is 0 Å². The second-order valence-electron chi connectivity index (χ2n) is 2.15. The molecule has 0 bridgehead atoms. The molecule has 1 aromatic rings. The van der Waals surface area contributed by atoms with Crippen molar-refractivity contribution >= 4 is 29.2 Å². The Bertz CT molecular complexity index is 296. The number of anilines is 1. The van der Waals surface area contributed by atoms with Gasteiger partial charge in [-0.1, -0.05) is 0 Å². The second kappa shape index (κ2) is 4.31. The van der Waals surface area contributed by atoms with Crippen molar-refractivity contribution in [1.29, 1.82) is 0 Å². The number of primary amides is 1. The van der Waals surface area contributed by atoms with Crippen molar-refractivity contribution in [3.63, 3.8) is 0 Å². The number of hydrogen-bond acceptors (Lipinski definition) is 2. The van der Waals surface area contributed by atoms with Crippen molar-refractivity contribution in [2.75, 3.05) is 5.32 Å². The number of H-pyrrole nitrogens is 1. The molecular formula is C6H9N5OS. The minimum absolute atomic E-state index is 0.251. The van der Waals surface area contributed by atoms with Gasteiger partial charge in [0.05, 0.1) is 0 Å². The highest BCUT2D eigenvalue weighted by Gasteiger charge is 1.96. The molecule has 6 nitrogen and oxygen atoms in total. The summed E-state index contributed by atoms with van der Waals surface area (Å²) in [5, 5.41) is 3.02. The van der Waals surface area contributed by atoms with Crippen LogP contribution in [0.15, 0.2) is 18.3 Å². The molecule has 6 N–H and O–H groups in total. The Kier molecular flexibility index (Phi) is 3.09. The van der Waals surface area contributed by atoms with Crippen molar-refractivity contribution in [3.8, 4) is 0 Å². The summed E-state index contributed by atoms with van der Waals surface area (Å²) in [5.74, 6) is 0.726. The lowest BCUT2D eigenvalue weighted by Gasteiger charge is -2.07. The van der Waals surface area contributed by atoms with Crippen LogP contribution < -0.4 is 21.9 Å². The van der Waals surface area contributed by atoms with E-state index in [-0.39, 0.29) is 5.11 Å². The Labute approximate surface area is 79.9 Å². The molecule has 0 aliphatic rings. The molecule has 13 heavy (non-hydrogen) atoms. The molecule has 70 valence electrons. The first-order valence-corrected chi connectivity index (χ1v) is 3.85. The van der Waals surface area contributed by atoms with Crippen LogP contribution in [0, 0.1) is 0 Å². The van der Waals surface area contributed by atoms with Gasteiger partial charge in [-0.3, -0.25) is 5.43 Å². The predicted molar refractivity (Wildman–Crippen MR) is 52.9 cm³/mol. The summed E-state index contributed by atoms with van der Waals surface area (Å²) in [6.45, 7) is 0. The lowest BCUT2D eigenvalue weighted by Crippen LogP contribution is -2.46. The molecule has 0 saturated heterocycles. The van der Waals surface area contributed by atoms with Gasteiger partial charge in [0, 0.05) is 6.20 Å². The fraction of sp³-hybridized carbons (Fsp3) is 0. The lowest BCUT2D eigenvalue weighted by molar-refractivity contribution is 0.247. The number of nitrogens with one attached hydrogen (secondary N) is 4. The first kappa shape index (κ1) is 9.33. The summed E-state index contributed by atoms with van der Waals surface area (Å²) in [5.41, 5.74) is 9.33. The van der Waals surface area contributed by atoms with Gasteiger partial charge in [0.25, 0.3) is 0 Å². The Hall–Kier alpha value is -1.76. The number of hydrazine groups is 1. The van der Waals surface area contributed by atoms with E-state index in [1.165, 1.54) is 0 Å². The van der Waals surface area contributed by atoms with Crippen LogP contribution in [0.2, 0.25) is 0 Å². The zero-order valence-corrected chi connectivity index (χ0v) is 7.44. The fourth-order valence-corrected chi connectivity index (χ4v) is 0.841. The molecule has 0 unspecified atom stereocenters. The van der Waals surface area contributed by atoms with Crippen LogP contribution in [0.1, 0.15) is 0 Å². The van der Waals surface area contributed by atoms with Crippen LogP contribution in [0.3, 0.4) is 0 Å². The number of hydrogen-bond donors (Lipinski definition) is 5. The standard InChI is InChI=1S/C6H9N5OS/c7-5(12)10-11-6(13)9-4-2-1-3-8-4/h1-3,8H,(H3,7,10,12)(H2,9,11,13). The first-order valence-electron chi connectivity index (χ1n) is 3.44. The number of carbonyl (C=O) groups excluding carboxylic acids is 1. The van der Waals surface area contributed by atoms with E-state index in [1.807, 2.05) is 6.07 Å². The minimum Gasteiger partial charge on any atom is -0.350 e. The number of urea groups is 1. The summed E-state index contributed by atoms with van der Waals surface area (Å²) in [6, 6.07) is 2.90. The van der Waals surface area contributed by atoms with E-state index >= 15 is 0 Å². The zero-order valence-electron chi connectivity index (χ0n) is 6.63. The van der Waals surface area contributed by atoms with Crippen molar-refractivity contribution in [2.45, 2.75) is 0 Å². The first-order chi connectivity index (χ1) is 6.18. The van der Waals surface area contributed by atoms with Gasteiger partial charge in [-0.25, -0.2) is 10.2 Å². The molecule has 0 aliphatic carbocycles. The third kappa shape index (κ3) is 3.43. The molecule has 1 rings (SSSR count). The van der Waals surface area contributed by atoms with Crippen LogP contribution in [-0.4, -0.2) is 16.1 Å². The van der Waals surface area contributed by atoms with Gasteiger partial charge < -0.3 is 16.0 Å². The number of thiocarbonyl (C=S) groups is 1. The van der Waals surface area contributed by atoms with E-state index < -0.39 is 6.03 Å². The SMILES string of the molecule is NC(=O)NNC(=S)Nc1ccc[nH]1. The molecule has 0 fully saturated rings. The molecule has 0 aliphatic heterocycles. The van der Waals surface area contributed by atoms with Crippen molar-refractivity contribution in [3.05, 3.63) is 18.3 Å². The number of aromatic amines is 1. The molecule has 0 saturated carbocycles. The highest BCUT2D eigenvalue weighted by atomic mass is 32.1. The van der Waals surface area contributed by atoms with Crippen molar-refractivity contribution < 1.29 is 4.79 Å². The topological polar surface area (TPSA) is 95.0 Å². The average Bonchev–Trinajstić information content (AvgIpc) is 2.53. The Morgan fingerprint density at radius 3 is 2.85 bits per heavy atom. The molecule has 0 atom stereocenters. The van der Waals surface area contributed by atoms with Gasteiger partial charge >= 0.3 is 6.03 Å². The third-order valence-corrected chi connectivity index (χ3v) is 1.35. The van der Waals surface area contributed by atoms with E-state index in [0.29, 0.717) is 0 Å². The number of rotatable bonds is 1. The number of aromatic nitrogens is 1. The summed E-state index contributed by atoms with van der Waals surface area (Å²) < 4.78 is 0. The van der Waals surface area contributed by atoms with Crippen molar-refractivity contribution in [2.24, 2.45) is 5.73 Å². The minimum atomic E-state index is -0.698. The highest BCUT2D eigenvalue weighted by Crippen LogP contribution is 1.99. The lowest BCUT2D eigenvalue weighted by atomic mass is 10.6. The van der Waals surface area contributed by atoms with Crippen LogP contribution in [0.4, 0.5) is 10.6 Å². The van der Waals surface area contributed by atoms with E-state index in [1.54, 1.807) is 12.3 Å². The van der Waals surface area contributed by atoms with Gasteiger partial charge in [-0.15, -0.1) is 0 Å². The maximum atomic E-state index is 10.3. The van der Waals surface area contributed by atoms with Gasteiger partial charge in [-0.05, 0) is 24.4 Å². The second-order valence-corrected chi connectivity index (χ2v) is 2.56. The molecule has 0 spiro atoms. The quantitative estimate of drug-likeness (QED) is 0.322. The number of amides is 2. The molecule has 1 aromatic heterocycles. The van der Waals surface area contributed by atoms with E-state index in [0.717, 1.165) is 5.82 Å². The van der Waals surface area contributed by atoms with Crippen LogP contribution >= 0.6 is 12.2 Å². The normalized spacial score (nSPS) is 8.92. The Morgan fingerprint density at radius 1 is 1.54 bits per heavy atom. The van der Waals surface area contributed by atoms with Gasteiger partial charge in [0.1, 0.15) is 5.82 Å². The third-order valence-electron chi connectivity index (χ3n) is 1.15. The monoisotopic (exact) mass is 199 g/mol. The Balaban J connectivity index is 2.30. The number of nitrogens with two attached hydrogens (primary N) is 1. The fourth-order valence-electron chi connectivity index (χ4n) is 0.680. The van der Waals surface area contributed by atoms with E-state index in [4.69, 9.17) is 18.0 Å². The van der Waals surface area contributed by atoms with Crippen molar-refractivity contribution in [1.82, 2.24) is 15.8 Å². The van der Waals surface area contributed by atoms with E-state index in [9.17, 15) is 4.79 Å². The van der Waals surface area contributed by atoms with Crippen LogP contribution in [0.5, 0.6) is 0 Å². The largest absolute Gasteiger partial charge is 0.350 e. The molecule has 0 radical (unpaired) electrons. The average molecular weight is 199 g/mol. The highest BCUT2D eigenvalue weighted by molar-refractivity contribution is 7.80. The zero-order chi connectivity index (χ0) is 9.68. The van der Waals surface area contributed by atoms with Crippen LogP contribution in [-0.2, 0) is 0 Å². The molecular weight excluding hydrogens is 190 g/mol. The summed E-state index contributed by atoms with van der Waals surface area (Å²) in [6.07, 6.45) is 1.74. The van der Waals surface area contributed by atoms with Gasteiger partial charge in [0.2, 0.25) is 0 Å². The molecule has 2 amide bonds. The predicted octanol–water partition coefficient (Wildman–Crippen LogP) is -0.116. The maximum absolute atomic E-state index is 10.3. The maximum Gasteiger partial charge on any atom is 0.330 e. The summed E-state index contributed by atoms with van der Waals surface area (Å²) >= 11 is 4.81. The smallest absolute Gasteiger partial charge is 0.330 e. The van der Waals surface area contributed by atoms with E-state index in [2.05, 4.69) is 21.2 Å². The molecule has 1 heterocycles. The summed E-state index contributed by atoms with van der Waals surface area (Å²) in [7, 11) is 0. The summed E-state index contributed by atoms with van der Waals surface area (Å²) in [4.78, 5) is 13.1. The number of carbonyl (C=O) groups is 1.